The summed E-state index contributed by atoms with van der Waals surface area (Å²) < 4.78 is 5.32. The molecule has 0 aliphatic rings. The van der Waals surface area contributed by atoms with E-state index < -0.39 is 11.9 Å². The van der Waals surface area contributed by atoms with E-state index in [0.29, 0.717) is 19.4 Å². The molecule has 0 spiro atoms. The van der Waals surface area contributed by atoms with Crippen molar-refractivity contribution < 1.29 is 19.4 Å². The Labute approximate surface area is 158 Å². The van der Waals surface area contributed by atoms with Crippen LogP contribution in [-0.2, 0) is 17.6 Å². The van der Waals surface area contributed by atoms with E-state index in [1.165, 1.54) is 25.7 Å². The summed E-state index contributed by atoms with van der Waals surface area (Å²) in [6, 6.07) is 3.76. The Bertz CT molecular complexity index is 578. The minimum atomic E-state index is -1.04. The van der Waals surface area contributed by atoms with Crippen molar-refractivity contribution in [1.29, 1.82) is 0 Å². The topological polar surface area (TPSA) is 63.6 Å². The van der Waals surface area contributed by atoms with Gasteiger partial charge in [-0.1, -0.05) is 71.4 Å². The van der Waals surface area contributed by atoms with Crippen LogP contribution in [0.5, 0.6) is 0 Å². The first kappa shape index (κ1) is 22.2. The second-order valence-electron chi connectivity index (χ2n) is 6.80. The highest BCUT2D eigenvalue weighted by Crippen LogP contribution is 2.24. The van der Waals surface area contributed by atoms with Gasteiger partial charge in [0, 0.05) is 0 Å². The summed E-state index contributed by atoms with van der Waals surface area (Å²) in [4.78, 5) is 24.5. The van der Waals surface area contributed by atoms with E-state index in [0.717, 1.165) is 36.8 Å². The number of benzene rings is 1. The maximum atomic E-state index is 12.5. The molecule has 0 atom stereocenters. The predicted octanol–water partition coefficient (Wildman–Crippen LogP) is 5.81. The number of aryl methyl sites for hydroxylation is 2. The quantitative estimate of drug-likeness (QED) is 0.355. The summed E-state index contributed by atoms with van der Waals surface area (Å²) in [5.41, 5.74) is 1.88. The number of hydrogen-bond donors (Lipinski definition) is 1. The van der Waals surface area contributed by atoms with Crippen LogP contribution in [0, 0.1) is 0 Å². The molecular weight excluding hydrogens is 328 g/mol. The molecule has 0 aliphatic carbocycles. The van der Waals surface area contributed by atoms with Crippen LogP contribution in [0.1, 0.15) is 104 Å². The molecule has 1 rings (SSSR count). The van der Waals surface area contributed by atoms with E-state index in [2.05, 4.69) is 6.92 Å². The molecule has 0 heterocycles. The third kappa shape index (κ3) is 6.81. The van der Waals surface area contributed by atoms with Crippen LogP contribution < -0.4 is 0 Å². The Kier molecular flexibility index (Phi) is 10.7. The number of carboxylic acids is 1. The van der Waals surface area contributed by atoms with Crippen molar-refractivity contribution in [3.8, 4) is 0 Å². The molecule has 0 unspecified atom stereocenters. The largest absolute Gasteiger partial charge is 0.478 e. The molecule has 0 radical (unpaired) electrons. The minimum absolute atomic E-state index is 0.138. The summed E-state index contributed by atoms with van der Waals surface area (Å²) in [6.07, 6.45) is 9.91. The van der Waals surface area contributed by atoms with Crippen molar-refractivity contribution in [2.24, 2.45) is 0 Å². The first-order valence-electron chi connectivity index (χ1n) is 10.1. The maximum absolute atomic E-state index is 12.5. The number of esters is 1. The van der Waals surface area contributed by atoms with Crippen LogP contribution in [0.3, 0.4) is 0 Å². The predicted molar refractivity (Wildman–Crippen MR) is 105 cm³/mol. The molecule has 1 aromatic carbocycles. The van der Waals surface area contributed by atoms with E-state index in [9.17, 15) is 14.7 Å². The number of ether oxygens (including phenoxy) is 1. The summed E-state index contributed by atoms with van der Waals surface area (Å²) in [5, 5.41) is 9.75. The molecule has 0 fully saturated rings. The zero-order chi connectivity index (χ0) is 19.4. The van der Waals surface area contributed by atoms with Gasteiger partial charge in [-0.05, 0) is 36.8 Å². The first-order chi connectivity index (χ1) is 12.6. The van der Waals surface area contributed by atoms with Crippen molar-refractivity contribution in [1.82, 2.24) is 0 Å². The van der Waals surface area contributed by atoms with Crippen LogP contribution >= 0.6 is 0 Å². The normalized spacial score (nSPS) is 10.7. The lowest BCUT2D eigenvalue weighted by Gasteiger charge is -2.15. The Hall–Kier alpha value is -1.84. The van der Waals surface area contributed by atoms with Crippen LogP contribution in [0.15, 0.2) is 12.1 Å². The highest BCUT2D eigenvalue weighted by molar-refractivity contribution is 6.04. The smallest absolute Gasteiger partial charge is 0.339 e. The van der Waals surface area contributed by atoms with E-state index in [1.807, 2.05) is 26.0 Å². The molecule has 0 saturated heterocycles. The SMILES string of the molecule is CCCCCCCCc1ccc(CC)c(C(=O)OCCCC)c1C(=O)O. The monoisotopic (exact) mass is 362 g/mol. The van der Waals surface area contributed by atoms with Crippen LogP contribution in [0.25, 0.3) is 0 Å². The number of aromatic carboxylic acids is 1. The molecule has 26 heavy (non-hydrogen) atoms. The molecule has 0 aliphatic heterocycles. The van der Waals surface area contributed by atoms with Gasteiger partial charge in [0.15, 0.2) is 0 Å². The highest BCUT2D eigenvalue weighted by atomic mass is 16.5. The molecule has 0 saturated carbocycles. The average Bonchev–Trinajstić information content (AvgIpc) is 2.63. The molecule has 4 nitrogen and oxygen atoms in total. The minimum Gasteiger partial charge on any atom is -0.478 e. The lowest BCUT2D eigenvalue weighted by molar-refractivity contribution is 0.0487. The van der Waals surface area contributed by atoms with Gasteiger partial charge in [0.2, 0.25) is 0 Å². The standard InChI is InChI=1S/C22H34O4/c1-4-7-9-10-11-12-13-18-15-14-17(6-3)20(19(18)21(23)24)22(25)26-16-8-5-2/h14-15H,4-13,16H2,1-3H3,(H,23,24). The van der Waals surface area contributed by atoms with Gasteiger partial charge in [-0.2, -0.15) is 0 Å². The van der Waals surface area contributed by atoms with Gasteiger partial charge in [-0.15, -0.1) is 0 Å². The number of unbranched alkanes of at least 4 members (excludes halogenated alkanes) is 6. The molecule has 0 bridgehead atoms. The Balaban J connectivity index is 2.95. The zero-order valence-electron chi connectivity index (χ0n) is 16.6. The second-order valence-corrected chi connectivity index (χ2v) is 6.80. The number of carbonyl (C=O) groups excluding carboxylic acids is 1. The van der Waals surface area contributed by atoms with Gasteiger partial charge >= 0.3 is 11.9 Å². The number of rotatable bonds is 13. The second kappa shape index (κ2) is 12.5. The number of carbonyl (C=O) groups is 2. The summed E-state index contributed by atoms with van der Waals surface area (Å²) in [5.74, 6) is -1.54. The van der Waals surface area contributed by atoms with Crippen LogP contribution in [-0.4, -0.2) is 23.7 Å². The summed E-state index contributed by atoms with van der Waals surface area (Å²) >= 11 is 0. The molecule has 4 heteroatoms. The first-order valence-corrected chi connectivity index (χ1v) is 10.1. The molecule has 0 aromatic heterocycles. The van der Waals surface area contributed by atoms with Gasteiger partial charge in [0.25, 0.3) is 0 Å². The Morgan fingerprint density at radius 2 is 1.46 bits per heavy atom. The van der Waals surface area contributed by atoms with Crippen molar-refractivity contribution in [2.45, 2.75) is 85.0 Å². The van der Waals surface area contributed by atoms with Crippen LogP contribution in [0.2, 0.25) is 0 Å². The molecular formula is C22H34O4. The van der Waals surface area contributed by atoms with E-state index in [1.54, 1.807) is 0 Å². The highest BCUT2D eigenvalue weighted by Gasteiger charge is 2.24. The molecule has 1 aromatic rings. The average molecular weight is 363 g/mol. The fourth-order valence-electron chi connectivity index (χ4n) is 3.15. The Morgan fingerprint density at radius 1 is 0.846 bits per heavy atom. The van der Waals surface area contributed by atoms with Gasteiger partial charge in [0.05, 0.1) is 17.7 Å². The number of hydrogen-bond acceptors (Lipinski definition) is 3. The lowest BCUT2D eigenvalue weighted by Crippen LogP contribution is -2.17. The Morgan fingerprint density at radius 3 is 2.08 bits per heavy atom. The maximum Gasteiger partial charge on any atom is 0.339 e. The summed E-state index contributed by atoms with van der Waals surface area (Å²) in [7, 11) is 0. The fraction of sp³-hybridized carbons (Fsp3) is 0.636. The summed E-state index contributed by atoms with van der Waals surface area (Å²) in [6.45, 7) is 6.47. The zero-order valence-corrected chi connectivity index (χ0v) is 16.6. The van der Waals surface area contributed by atoms with Crippen molar-refractivity contribution >= 4 is 11.9 Å². The fourth-order valence-corrected chi connectivity index (χ4v) is 3.15. The lowest BCUT2D eigenvalue weighted by atomic mass is 9.91. The van der Waals surface area contributed by atoms with Crippen molar-refractivity contribution in [3.63, 3.8) is 0 Å². The third-order valence-corrected chi connectivity index (χ3v) is 4.71. The van der Waals surface area contributed by atoms with Crippen molar-refractivity contribution in [2.75, 3.05) is 6.61 Å². The van der Waals surface area contributed by atoms with E-state index >= 15 is 0 Å². The number of carboxylic acid groups (broad SMARTS) is 1. The third-order valence-electron chi connectivity index (χ3n) is 4.71. The van der Waals surface area contributed by atoms with Gasteiger partial charge < -0.3 is 9.84 Å². The van der Waals surface area contributed by atoms with Gasteiger partial charge in [-0.3, -0.25) is 0 Å². The van der Waals surface area contributed by atoms with Crippen molar-refractivity contribution in [3.05, 3.63) is 34.4 Å². The van der Waals surface area contributed by atoms with E-state index in [4.69, 9.17) is 4.74 Å². The molecule has 0 amide bonds. The van der Waals surface area contributed by atoms with Gasteiger partial charge in [-0.25, -0.2) is 9.59 Å². The molecule has 146 valence electrons. The van der Waals surface area contributed by atoms with Gasteiger partial charge in [0.1, 0.15) is 0 Å². The molecule has 1 N–H and O–H groups in total. The van der Waals surface area contributed by atoms with Crippen LogP contribution in [0.4, 0.5) is 0 Å². The van der Waals surface area contributed by atoms with E-state index in [-0.39, 0.29) is 11.1 Å².